The number of halogens is 1. The fourth-order valence-electron chi connectivity index (χ4n) is 1.30. The maximum atomic E-state index is 13.4. The first-order valence-corrected chi connectivity index (χ1v) is 4.86. The molecule has 0 aliphatic carbocycles. The van der Waals surface area contributed by atoms with Crippen molar-refractivity contribution in [1.29, 1.82) is 0 Å². The van der Waals surface area contributed by atoms with E-state index in [-0.39, 0.29) is 5.88 Å². The van der Waals surface area contributed by atoms with Gasteiger partial charge in [-0.3, -0.25) is 10.1 Å². The van der Waals surface area contributed by atoms with Gasteiger partial charge in [-0.15, -0.1) is 0 Å². The number of amides is 1. The molecule has 0 saturated heterocycles. The van der Waals surface area contributed by atoms with Gasteiger partial charge in [0.2, 0.25) is 11.8 Å². The highest BCUT2D eigenvalue weighted by atomic mass is 19.1. The number of carbonyl (C=O) groups is 1. The van der Waals surface area contributed by atoms with Crippen LogP contribution in [0, 0.1) is 5.82 Å². The van der Waals surface area contributed by atoms with Crippen LogP contribution in [0.5, 0.6) is 0 Å². The van der Waals surface area contributed by atoms with Crippen molar-refractivity contribution in [2.45, 2.75) is 0 Å². The van der Waals surface area contributed by atoms with Crippen LogP contribution in [0.3, 0.4) is 0 Å². The molecule has 2 rings (SSSR count). The highest BCUT2D eigenvalue weighted by molar-refractivity contribution is 5.98. The summed E-state index contributed by atoms with van der Waals surface area (Å²) in [6.45, 7) is 3.30. The first-order valence-electron chi connectivity index (χ1n) is 4.86. The lowest BCUT2D eigenvalue weighted by Crippen LogP contribution is -2.05. The molecule has 0 aliphatic heterocycles. The minimum absolute atomic E-state index is 0.146. The SMILES string of the molecule is C=CC(=O)Nc1cc(-c2ccccc2F)no1. The fraction of sp³-hybridized carbons (Fsp3) is 0. The predicted molar refractivity (Wildman–Crippen MR) is 60.7 cm³/mol. The highest BCUT2D eigenvalue weighted by Crippen LogP contribution is 2.23. The molecule has 1 N–H and O–H groups in total. The predicted octanol–water partition coefficient (Wildman–Crippen LogP) is 2.61. The molecule has 0 bridgehead atoms. The molecule has 2 aromatic rings. The Morgan fingerprint density at radius 1 is 1.47 bits per heavy atom. The number of carbonyl (C=O) groups excluding carboxylic acids is 1. The summed E-state index contributed by atoms with van der Waals surface area (Å²) in [4.78, 5) is 11.0. The Hall–Kier alpha value is -2.43. The van der Waals surface area contributed by atoms with Gasteiger partial charge in [-0.2, -0.15) is 0 Å². The molecule has 1 aromatic carbocycles. The van der Waals surface area contributed by atoms with Gasteiger partial charge in [-0.1, -0.05) is 23.9 Å². The van der Waals surface area contributed by atoms with Crippen molar-refractivity contribution in [2.24, 2.45) is 0 Å². The maximum Gasteiger partial charge on any atom is 0.250 e. The Morgan fingerprint density at radius 3 is 2.94 bits per heavy atom. The van der Waals surface area contributed by atoms with Gasteiger partial charge in [-0.25, -0.2) is 4.39 Å². The van der Waals surface area contributed by atoms with E-state index in [0.29, 0.717) is 11.3 Å². The van der Waals surface area contributed by atoms with E-state index in [1.165, 1.54) is 12.1 Å². The van der Waals surface area contributed by atoms with Crippen molar-refractivity contribution < 1.29 is 13.7 Å². The average molecular weight is 232 g/mol. The number of hydrogen-bond acceptors (Lipinski definition) is 3. The molecule has 0 aliphatic rings. The Bertz CT molecular complexity index is 563. The first kappa shape index (κ1) is 11.1. The van der Waals surface area contributed by atoms with E-state index in [9.17, 15) is 9.18 Å². The van der Waals surface area contributed by atoms with Crippen molar-refractivity contribution in [1.82, 2.24) is 5.16 Å². The van der Waals surface area contributed by atoms with Crippen LogP contribution < -0.4 is 5.32 Å². The van der Waals surface area contributed by atoms with E-state index >= 15 is 0 Å². The summed E-state index contributed by atoms with van der Waals surface area (Å²) in [6, 6.07) is 7.62. The number of nitrogens with one attached hydrogen (secondary N) is 1. The van der Waals surface area contributed by atoms with Gasteiger partial charge < -0.3 is 4.52 Å². The lowest BCUT2D eigenvalue weighted by Gasteiger charge is -1.95. The van der Waals surface area contributed by atoms with Crippen molar-refractivity contribution >= 4 is 11.8 Å². The van der Waals surface area contributed by atoms with E-state index in [1.807, 2.05) is 0 Å². The third kappa shape index (κ3) is 2.39. The number of anilines is 1. The normalized spacial score (nSPS) is 9.94. The molecule has 1 amide bonds. The molecule has 5 heteroatoms. The topological polar surface area (TPSA) is 55.1 Å². The van der Waals surface area contributed by atoms with Crippen LogP contribution in [0.2, 0.25) is 0 Å². The molecular formula is C12H9FN2O2. The Morgan fingerprint density at radius 2 is 2.24 bits per heavy atom. The summed E-state index contributed by atoms with van der Waals surface area (Å²) < 4.78 is 18.3. The van der Waals surface area contributed by atoms with Gasteiger partial charge >= 0.3 is 0 Å². The number of aromatic nitrogens is 1. The average Bonchev–Trinajstić information content (AvgIpc) is 2.78. The Labute approximate surface area is 96.7 Å². The second-order valence-corrected chi connectivity index (χ2v) is 3.25. The molecule has 0 saturated carbocycles. The van der Waals surface area contributed by atoms with Crippen LogP contribution in [0.25, 0.3) is 11.3 Å². The lowest BCUT2D eigenvalue weighted by molar-refractivity contribution is -0.112. The number of rotatable bonds is 3. The summed E-state index contributed by atoms with van der Waals surface area (Å²) in [7, 11) is 0. The van der Waals surface area contributed by atoms with E-state index in [0.717, 1.165) is 6.08 Å². The highest BCUT2D eigenvalue weighted by Gasteiger charge is 2.10. The van der Waals surface area contributed by atoms with Crippen molar-refractivity contribution in [2.75, 3.05) is 5.32 Å². The largest absolute Gasteiger partial charge is 0.338 e. The van der Waals surface area contributed by atoms with Crippen LogP contribution in [-0.4, -0.2) is 11.1 Å². The molecule has 1 heterocycles. The Balaban J connectivity index is 2.27. The van der Waals surface area contributed by atoms with E-state index < -0.39 is 11.7 Å². The van der Waals surface area contributed by atoms with Gasteiger partial charge in [0, 0.05) is 11.6 Å². The molecule has 17 heavy (non-hydrogen) atoms. The van der Waals surface area contributed by atoms with Gasteiger partial charge in [-0.05, 0) is 18.2 Å². The molecule has 4 nitrogen and oxygen atoms in total. The summed E-state index contributed by atoms with van der Waals surface area (Å²) in [5.74, 6) is -0.670. The third-order valence-corrected chi connectivity index (χ3v) is 2.09. The number of nitrogens with zero attached hydrogens (tertiary/aromatic N) is 1. The zero-order valence-electron chi connectivity index (χ0n) is 8.81. The number of benzene rings is 1. The molecule has 0 spiro atoms. The molecule has 0 fully saturated rings. The molecular weight excluding hydrogens is 223 g/mol. The van der Waals surface area contributed by atoms with Crippen LogP contribution in [0.15, 0.2) is 47.5 Å². The second-order valence-electron chi connectivity index (χ2n) is 3.25. The smallest absolute Gasteiger partial charge is 0.250 e. The second kappa shape index (κ2) is 4.61. The molecule has 0 atom stereocenters. The first-order chi connectivity index (χ1) is 8.20. The minimum atomic E-state index is -0.416. The van der Waals surface area contributed by atoms with E-state index in [2.05, 4.69) is 17.1 Å². The molecule has 1 aromatic heterocycles. The summed E-state index contributed by atoms with van der Waals surface area (Å²) in [5.41, 5.74) is 0.637. The van der Waals surface area contributed by atoms with Gasteiger partial charge in [0.1, 0.15) is 11.5 Å². The van der Waals surface area contributed by atoms with E-state index in [1.54, 1.807) is 18.2 Å². The molecule has 86 valence electrons. The van der Waals surface area contributed by atoms with Crippen LogP contribution >= 0.6 is 0 Å². The quantitative estimate of drug-likeness (QED) is 0.827. The Kier molecular flexibility index (Phi) is 3.00. The molecule has 0 radical (unpaired) electrons. The molecule has 0 unspecified atom stereocenters. The maximum absolute atomic E-state index is 13.4. The van der Waals surface area contributed by atoms with Gasteiger partial charge in [0.25, 0.3) is 0 Å². The van der Waals surface area contributed by atoms with Crippen molar-refractivity contribution in [3.63, 3.8) is 0 Å². The monoisotopic (exact) mass is 232 g/mol. The summed E-state index contributed by atoms with van der Waals surface area (Å²) in [5, 5.41) is 6.06. The summed E-state index contributed by atoms with van der Waals surface area (Å²) in [6.07, 6.45) is 1.10. The fourth-order valence-corrected chi connectivity index (χ4v) is 1.30. The van der Waals surface area contributed by atoms with E-state index in [4.69, 9.17) is 4.52 Å². The van der Waals surface area contributed by atoms with Crippen molar-refractivity contribution in [3.05, 3.63) is 48.8 Å². The van der Waals surface area contributed by atoms with Gasteiger partial charge in [0.15, 0.2) is 0 Å². The minimum Gasteiger partial charge on any atom is -0.338 e. The summed E-state index contributed by atoms with van der Waals surface area (Å²) >= 11 is 0. The van der Waals surface area contributed by atoms with Crippen LogP contribution in [0.4, 0.5) is 10.3 Å². The third-order valence-electron chi connectivity index (χ3n) is 2.09. The van der Waals surface area contributed by atoms with Crippen molar-refractivity contribution in [3.8, 4) is 11.3 Å². The number of hydrogen-bond donors (Lipinski definition) is 1. The lowest BCUT2D eigenvalue weighted by atomic mass is 10.1. The van der Waals surface area contributed by atoms with Crippen LogP contribution in [0.1, 0.15) is 0 Å². The van der Waals surface area contributed by atoms with Crippen LogP contribution in [-0.2, 0) is 4.79 Å². The zero-order valence-corrected chi connectivity index (χ0v) is 8.81. The standard InChI is InChI=1S/C12H9FN2O2/c1-2-11(16)14-12-7-10(15-17-12)8-5-3-4-6-9(8)13/h2-7H,1H2,(H,14,16). The zero-order chi connectivity index (χ0) is 12.3. The van der Waals surface area contributed by atoms with Gasteiger partial charge in [0.05, 0.1) is 0 Å².